The van der Waals surface area contributed by atoms with Crippen molar-refractivity contribution < 1.29 is 27.5 Å². The summed E-state index contributed by atoms with van der Waals surface area (Å²) in [6.07, 6.45) is -4.77. The minimum atomic E-state index is -4.77. The molecular weight excluding hydrogens is 345 g/mol. The molecule has 0 bridgehead atoms. The van der Waals surface area contributed by atoms with E-state index in [1.165, 1.54) is 30.4 Å². The van der Waals surface area contributed by atoms with Crippen LogP contribution in [-0.2, 0) is 4.79 Å². The van der Waals surface area contributed by atoms with E-state index in [1.807, 2.05) is 0 Å². The van der Waals surface area contributed by atoms with E-state index in [1.54, 1.807) is 17.5 Å². The molecule has 0 aliphatic rings. The summed E-state index contributed by atoms with van der Waals surface area (Å²) in [5.74, 6) is -1.26. The Bertz CT molecular complexity index is 700. The van der Waals surface area contributed by atoms with Crippen molar-refractivity contribution in [2.75, 3.05) is 5.32 Å². The predicted octanol–water partition coefficient (Wildman–Crippen LogP) is 3.40. The Hall–Kier alpha value is -2.55. The first-order chi connectivity index (χ1) is 11.2. The van der Waals surface area contributed by atoms with Gasteiger partial charge in [0.05, 0.1) is 4.88 Å². The quantitative estimate of drug-likeness (QED) is 0.861. The largest absolute Gasteiger partial charge is 0.573 e. The number of hydrogen-bond donors (Lipinski definition) is 2. The van der Waals surface area contributed by atoms with Gasteiger partial charge < -0.3 is 15.4 Å². The number of thiophene rings is 1. The molecule has 1 unspecified atom stereocenters. The van der Waals surface area contributed by atoms with Crippen LogP contribution in [-0.4, -0.2) is 24.2 Å². The number of anilines is 1. The van der Waals surface area contributed by atoms with Crippen molar-refractivity contribution in [1.82, 2.24) is 5.32 Å². The molecule has 1 aromatic carbocycles. The Morgan fingerprint density at radius 2 is 1.83 bits per heavy atom. The molecule has 0 aliphatic heterocycles. The molecule has 0 aliphatic carbocycles. The van der Waals surface area contributed by atoms with Gasteiger partial charge in [-0.05, 0) is 42.6 Å². The number of ether oxygens (including phenoxy) is 1. The molecule has 0 radical (unpaired) electrons. The van der Waals surface area contributed by atoms with Gasteiger partial charge in [-0.15, -0.1) is 24.5 Å². The van der Waals surface area contributed by atoms with Crippen LogP contribution < -0.4 is 15.4 Å². The van der Waals surface area contributed by atoms with Crippen LogP contribution in [0.2, 0.25) is 0 Å². The second-order valence-electron chi connectivity index (χ2n) is 4.73. The molecule has 24 heavy (non-hydrogen) atoms. The summed E-state index contributed by atoms with van der Waals surface area (Å²) in [5.41, 5.74) is 0.284. The summed E-state index contributed by atoms with van der Waals surface area (Å²) >= 11 is 1.25. The second kappa shape index (κ2) is 7.35. The van der Waals surface area contributed by atoms with Crippen LogP contribution in [0.15, 0.2) is 41.8 Å². The number of halogens is 3. The van der Waals surface area contributed by atoms with Crippen LogP contribution in [0.25, 0.3) is 0 Å². The standard InChI is InChI=1S/C15H13F3N2O3S/c1-9(19-14(22)12-3-2-8-24-12)13(21)20-10-4-6-11(7-5-10)23-15(16,17)18/h2-9H,1H3,(H,19,22)(H,20,21). The third-order valence-electron chi connectivity index (χ3n) is 2.84. The van der Waals surface area contributed by atoms with Gasteiger partial charge in [-0.2, -0.15) is 0 Å². The highest BCUT2D eigenvalue weighted by Gasteiger charge is 2.31. The third kappa shape index (κ3) is 5.27. The van der Waals surface area contributed by atoms with Crippen molar-refractivity contribution in [2.45, 2.75) is 19.3 Å². The van der Waals surface area contributed by atoms with Gasteiger partial charge in [0.1, 0.15) is 11.8 Å². The number of carbonyl (C=O) groups is 2. The molecule has 128 valence electrons. The molecule has 1 atom stereocenters. The molecule has 5 nitrogen and oxygen atoms in total. The lowest BCUT2D eigenvalue weighted by atomic mass is 10.2. The predicted molar refractivity (Wildman–Crippen MR) is 83.0 cm³/mol. The molecule has 0 fully saturated rings. The summed E-state index contributed by atoms with van der Waals surface area (Å²) in [5, 5.41) is 6.77. The maximum absolute atomic E-state index is 12.1. The van der Waals surface area contributed by atoms with Gasteiger partial charge in [0, 0.05) is 5.69 Å². The number of carbonyl (C=O) groups excluding carboxylic acids is 2. The van der Waals surface area contributed by atoms with Crippen LogP contribution in [0.5, 0.6) is 5.75 Å². The maximum Gasteiger partial charge on any atom is 0.573 e. The fourth-order valence-corrected chi connectivity index (χ4v) is 2.36. The zero-order valence-electron chi connectivity index (χ0n) is 12.4. The Kier molecular flexibility index (Phi) is 5.45. The molecule has 2 aromatic rings. The van der Waals surface area contributed by atoms with Gasteiger partial charge in [0.25, 0.3) is 5.91 Å². The molecule has 1 aromatic heterocycles. The normalized spacial score (nSPS) is 12.3. The van der Waals surface area contributed by atoms with Crippen LogP contribution >= 0.6 is 11.3 Å². The van der Waals surface area contributed by atoms with E-state index in [0.29, 0.717) is 4.88 Å². The highest BCUT2D eigenvalue weighted by molar-refractivity contribution is 7.12. The topological polar surface area (TPSA) is 67.4 Å². The summed E-state index contributed by atoms with van der Waals surface area (Å²) in [4.78, 5) is 24.3. The van der Waals surface area contributed by atoms with E-state index in [9.17, 15) is 22.8 Å². The molecule has 2 N–H and O–H groups in total. The molecule has 2 rings (SSSR count). The smallest absolute Gasteiger partial charge is 0.406 e. The summed E-state index contributed by atoms with van der Waals surface area (Å²) in [6.45, 7) is 1.50. The minimum absolute atomic E-state index is 0.284. The first kappa shape index (κ1) is 17.8. The monoisotopic (exact) mass is 358 g/mol. The Morgan fingerprint density at radius 3 is 2.38 bits per heavy atom. The van der Waals surface area contributed by atoms with Crippen molar-refractivity contribution in [3.63, 3.8) is 0 Å². The summed E-state index contributed by atoms with van der Waals surface area (Å²) in [6, 6.07) is 7.24. The average molecular weight is 358 g/mol. The molecule has 0 saturated carbocycles. The Balaban J connectivity index is 1.90. The molecular formula is C15H13F3N2O3S. The minimum Gasteiger partial charge on any atom is -0.406 e. The van der Waals surface area contributed by atoms with E-state index >= 15 is 0 Å². The number of amides is 2. The lowest BCUT2D eigenvalue weighted by Crippen LogP contribution is -2.41. The van der Waals surface area contributed by atoms with Crippen molar-refractivity contribution in [2.24, 2.45) is 0 Å². The SMILES string of the molecule is CC(NC(=O)c1cccs1)C(=O)Nc1ccc(OC(F)(F)F)cc1. The van der Waals surface area contributed by atoms with E-state index < -0.39 is 18.3 Å². The number of benzene rings is 1. The highest BCUT2D eigenvalue weighted by atomic mass is 32.1. The number of rotatable bonds is 5. The van der Waals surface area contributed by atoms with Crippen LogP contribution in [0, 0.1) is 0 Å². The second-order valence-corrected chi connectivity index (χ2v) is 5.68. The first-order valence-corrected chi connectivity index (χ1v) is 7.63. The van der Waals surface area contributed by atoms with Crippen molar-refractivity contribution >= 4 is 28.8 Å². The summed E-state index contributed by atoms with van der Waals surface area (Å²) in [7, 11) is 0. The fourth-order valence-electron chi connectivity index (χ4n) is 1.73. The number of hydrogen-bond acceptors (Lipinski definition) is 4. The van der Waals surface area contributed by atoms with Gasteiger partial charge in [0.15, 0.2) is 0 Å². The lowest BCUT2D eigenvalue weighted by molar-refractivity contribution is -0.274. The Labute approximate surface area is 139 Å². The van der Waals surface area contributed by atoms with Gasteiger partial charge in [0.2, 0.25) is 5.91 Å². The van der Waals surface area contributed by atoms with Gasteiger partial charge >= 0.3 is 6.36 Å². The third-order valence-corrected chi connectivity index (χ3v) is 3.71. The highest BCUT2D eigenvalue weighted by Crippen LogP contribution is 2.24. The molecule has 1 heterocycles. The zero-order valence-corrected chi connectivity index (χ0v) is 13.2. The molecule has 9 heteroatoms. The molecule has 2 amide bonds. The first-order valence-electron chi connectivity index (χ1n) is 6.75. The van der Waals surface area contributed by atoms with Gasteiger partial charge in [-0.25, -0.2) is 0 Å². The van der Waals surface area contributed by atoms with Crippen molar-refractivity contribution in [1.29, 1.82) is 0 Å². The van der Waals surface area contributed by atoms with E-state index in [2.05, 4.69) is 15.4 Å². The van der Waals surface area contributed by atoms with Crippen molar-refractivity contribution in [3.8, 4) is 5.75 Å². The van der Waals surface area contributed by atoms with E-state index in [4.69, 9.17) is 0 Å². The fraction of sp³-hybridized carbons (Fsp3) is 0.200. The lowest BCUT2D eigenvalue weighted by Gasteiger charge is -2.14. The molecule has 0 saturated heterocycles. The maximum atomic E-state index is 12.1. The summed E-state index contributed by atoms with van der Waals surface area (Å²) < 4.78 is 39.9. The van der Waals surface area contributed by atoms with Crippen molar-refractivity contribution in [3.05, 3.63) is 46.7 Å². The Morgan fingerprint density at radius 1 is 1.17 bits per heavy atom. The van der Waals surface area contributed by atoms with Crippen LogP contribution in [0.3, 0.4) is 0 Å². The number of nitrogens with one attached hydrogen (secondary N) is 2. The zero-order chi connectivity index (χ0) is 17.7. The number of alkyl halides is 3. The van der Waals surface area contributed by atoms with Crippen LogP contribution in [0.1, 0.15) is 16.6 Å². The van der Waals surface area contributed by atoms with E-state index in [-0.39, 0.29) is 17.3 Å². The van der Waals surface area contributed by atoms with Gasteiger partial charge in [-0.3, -0.25) is 9.59 Å². The van der Waals surface area contributed by atoms with Gasteiger partial charge in [-0.1, -0.05) is 6.07 Å². The average Bonchev–Trinajstić information content (AvgIpc) is 3.02. The van der Waals surface area contributed by atoms with Crippen LogP contribution in [0.4, 0.5) is 18.9 Å². The molecule has 0 spiro atoms. The van der Waals surface area contributed by atoms with E-state index in [0.717, 1.165) is 12.1 Å².